The lowest BCUT2D eigenvalue weighted by atomic mass is 9.66. The summed E-state index contributed by atoms with van der Waals surface area (Å²) in [5.41, 5.74) is -2.12. The Hall–Kier alpha value is -1.93. The molecular weight excluding hydrogens is 352 g/mol. The number of ether oxygens (including phenoxy) is 1. The smallest absolute Gasteiger partial charge is 0.310 e. The molecule has 0 aromatic heterocycles. The van der Waals surface area contributed by atoms with E-state index < -0.39 is 41.0 Å². The first-order valence-electron chi connectivity index (χ1n) is 9.40. The van der Waals surface area contributed by atoms with Crippen LogP contribution in [0.4, 0.5) is 0 Å². The number of hydrogen-bond donors (Lipinski definition) is 2. The number of β-amino-alcohol motifs (C(OH)–C–C–N with tert-alkyl or cyclic N) is 1. The van der Waals surface area contributed by atoms with Gasteiger partial charge in [0.25, 0.3) is 0 Å². The second kappa shape index (κ2) is 6.60. The number of nitrogens with zero attached hydrogens (tertiary/aromatic N) is 2. The van der Waals surface area contributed by atoms with Gasteiger partial charge in [-0.2, -0.15) is 0 Å². The normalized spacial score (nSPS) is 37.0. The highest BCUT2D eigenvalue weighted by Crippen LogP contribution is 2.63. The maximum Gasteiger partial charge on any atom is 0.310 e. The molecule has 3 fully saturated rings. The van der Waals surface area contributed by atoms with Crippen molar-refractivity contribution in [1.29, 1.82) is 0 Å². The minimum Gasteiger partial charge on any atom is -0.481 e. The van der Waals surface area contributed by atoms with Crippen molar-refractivity contribution >= 4 is 17.8 Å². The number of rotatable bonds is 7. The van der Waals surface area contributed by atoms with Crippen LogP contribution in [0, 0.1) is 11.8 Å². The molecule has 2 unspecified atom stereocenters. The summed E-state index contributed by atoms with van der Waals surface area (Å²) in [5, 5.41) is 19.2. The molecular formula is C19H28N2O6. The topological polar surface area (TPSA) is 107 Å². The molecule has 150 valence electrons. The van der Waals surface area contributed by atoms with Crippen LogP contribution in [0.2, 0.25) is 0 Å². The van der Waals surface area contributed by atoms with E-state index in [2.05, 4.69) is 6.58 Å². The number of fused-ring (bicyclic) bond motifs is 1. The molecule has 27 heavy (non-hydrogen) atoms. The van der Waals surface area contributed by atoms with Crippen LogP contribution in [0.1, 0.15) is 33.6 Å². The summed E-state index contributed by atoms with van der Waals surface area (Å²) in [5.74, 6) is -3.69. The van der Waals surface area contributed by atoms with Crippen molar-refractivity contribution in [3.05, 3.63) is 12.7 Å². The van der Waals surface area contributed by atoms with Gasteiger partial charge in [-0.15, -0.1) is 6.58 Å². The molecule has 1 spiro atoms. The predicted molar refractivity (Wildman–Crippen MR) is 95.7 cm³/mol. The number of aliphatic hydroxyl groups is 1. The highest BCUT2D eigenvalue weighted by atomic mass is 16.5. The molecule has 0 saturated carbocycles. The van der Waals surface area contributed by atoms with Crippen LogP contribution in [0.25, 0.3) is 0 Å². The number of likely N-dealkylation sites (tertiary alicyclic amines) is 1. The fourth-order valence-corrected chi connectivity index (χ4v) is 5.28. The molecule has 3 aliphatic rings. The molecule has 2 bridgehead atoms. The molecule has 0 radical (unpaired) electrons. The van der Waals surface area contributed by atoms with E-state index >= 15 is 0 Å². The van der Waals surface area contributed by atoms with Gasteiger partial charge in [0, 0.05) is 19.1 Å². The highest BCUT2D eigenvalue weighted by molar-refractivity contribution is 5.98. The maximum atomic E-state index is 13.5. The quantitative estimate of drug-likeness (QED) is 0.613. The maximum absolute atomic E-state index is 13.5. The minimum atomic E-state index is -1.16. The molecule has 3 aliphatic heterocycles. The van der Waals surface area contributed by atoms with E-state index in [1.165, 1.54) is 4.90 Å². The molecule has 3 rings (SSSR count). The number of carbonyl (C=O) groups excluding carboxylic acids is 2. The summed E-state index contributed by atoms with van der Waals surface area (Å²) in [4.78, 5) is 41.5. The summed E-state index contributed by atoms with van der Waals surface area (Å²) in [6.45, 7) is 9.14. The van der Waals surface area contributed by atoms with E-state index in [-0.39, 0.29) is 25.1 Å². The first-order chi connectivity index (χ1) is 12.6. The van der Waals surface area contributed by atoms with Gasteiger partial charge in [-0.3, -0.25) is 14.4 Å². The lowest BCUT2D eigenvalue weighted by molar-refractivity contribution is -0.156. The molecule has 2 N–H and O–H groups in total. The number of aliphatic hydroxyl groups excluding tert-OH is 1. The van der Waals surface area contributed by atoms with Crippen LogP contribution in [0.3, 0.4) is 0 Å². The Morgan fingerprint density at radius 3 is 2.63 bits per heavy atom. The van der Waals surface area contributed by atoms with Gasteiger partial charge in [-0.1, -0.05) is 6.08 Å². The van der Waals surface area contributed by atoms with Crippen molar-refractivity contribution in [3.8, 4) is 0 Å². The minimum absolute atomic E-state index is 0.0278. The number of hydrogen-bond acceptors (Lipinski definition) is 5. The van der Waals surface area contributed by atoms with E-state index in [4.69, 9.17) is 4.74 Å². The van der Waals surface area contributed by atoms with Crippen LogP contribution in [0.15, 0.2) is 12.7 Å². The van der Waals surface area contributed by atoms with Crippen molar-refractivity contribution in [3.63, 3.8) is 0 Å². The summed E-state index contributed by atoms with van der Waals surface area (Å²) in [6, 6.07) is -1.06. The van der Waals surface area contributed by atoms with Crippen molar-refractivity contribution in [2.75, 3.05) is 19.7 Å². The van der Waals surface area contributed by atoms with Crippen molar-refractivity contribution in [1.82, 2.24) is 9.80 Å². The third kappa shape index (κ3) is 2.61. The first-order valence-corrected chi connectivity index (χ1v) is 9.40. The van der Waals surface area contributed by atoms with Gasteiger partial charge in [-0.25, -0.2) is 0 Å². The van der Waals surface area contributed by atoms with Crippen molar-refractivity contribution in [2.24, 2.45) is 11.8 Å². The molecule has 5 atom stereocenters. The fourth-order valence-electron chi connectivity index (χ4n) is 5.28. The zero-order valence-corrected chi connectivity index (χ0v) is 16.1. The Bertz CT molecular complexity index is 679. The van der Waals surface area contributed by atoms with Crippen LogP contribution < -0.4 is 0 Å². The average molecular weight is 380 g/mol. The lowest BCUT2D eigenvalue weighted by Crippen LogP contribution is -2.57. The molecule has 0 aromatic carbocycles. The van der Waals surface area contributed by atoms with Gasteiger partial charge in [0.15, 0.2) is 0 Å². The predicted octanol–water partition coefficient (Wildman–Crippen LogP) is 0.251. The first kappa shape index (κ1) is 19.8. The SMILES string of the molecule is C=CCN(C(=O)C1N(CCO)C(=O)[C@@H]2[C@H](C(=O)O)[C@]3(C)CCC12O3)C(C)C. The molecule has 0 aliphatic carbocycles. The third-order valence-corrected chi connectivity index (χ3v) is 6.35. The van der Waals surface area contributed by atoms with E-state index in [0.717, 1.165) is 0 Å². The van der Waals surface area contributed by atoms with Crippen LogP contribution in [-0.2, 0) is 19.1 Å². The van der Waals surface area contributed by atoms with E-state index in [0.29, 0.717) is 19.4 Å². The standard InChI is InChI=1S/C19H28N2O6/c1-5-8-20(11(2)3)16(24)14-19-7-6-18(4,27-19)13(17(25)26)12(19)15(23)21(14)9-10-22/h5,11-14,22H,1,6-10H2,2-4H3,(H,25,26)/t12-,13+,14?,18-,19?/m0/s1. The van der Waals surface area contributed by atoms with E-state index in [9.17, 15) is 24.6 Å². The molecule has 3 heterocycles. The molecule has 8 heteroatoms. The lowest BCUT2D eigenvalue weighted by Gasteiger charge is -2.38. The van der Waals surface area contributed by atoms with Gasteiger partial charge in [0.05, 0.1) is 24.0 Å². The number of carboxylic acids is 1. The number of carbonyl (C=O) groups is 3. The fraction of sp³-hybridized carbons (Fsp3) is 0.737. The number of carboxylic acid groups (broad SMARTS) is 1. The Labute approximate surface area is 158 Å². The molecule has 8 nitrogen and oxygen atoms in total. The Morgan fingerprint density at radius 2 is 2.11 bits per heavy atom. The molecule has 2 amide bonds. The zero-order chi connectivity index (χ0) is 20.1. The third-order valence-electron chi connectivity index (χ3n) is 6.35. The number of aliphatic carboxylic acids is 1. The van der Waals surface area contributed by atoms with Crippen molar-refractivity contribution in [2.45, 2.75) is 56.9 Å². The van der Waals surface area contributed by atoms with Crippen molar-refractivity contribution < 1.29 is 29.3 Å². The highest BCUT2D eigenvalue weighted by Gasteiger charge is 2.78. The largest absolute Gasteiger partial charge is 0.481 e. The average Bonchev–Trinajstić information content (AvgIpc) is 3.14. The van der Waals surface area contributed by atoms with Crippen LogP contribution >= 0.6 is 0 Å². The summed E-state index contributed by atoms with van der Waals surface area (Å²) >= 11 is 0. The summed E-state index contributed by atoms with van der Waals surface area (Å²) in [6.07, 6.45) is 2.55. The van der Waals surface area contributed by atoms with Crippen LogP contribution in [-0.4, -0.2) is 80.8 Å². The number of amides is 2. The van der Waals surface area contributed by atoms with E-state index in [1.807, 2.05) is 13.8 Å². The second-order valence-electron chi connectivity index (χ2n) is 8.19. The Morgan fingerprint density at radius 1 is 1.44 bits per heavy atom. The van der Waals surface area contributed by atoms with Gasteiger partial charge in [0.2, 0.25) is 11.8 Å². The monoisotopic (exact) mass is 380 g/mol. The molecule has 0 aromatic rings. The Kier molecular flexibility index (Phi) is 4.84. The van der Waals surface area contributed by atoms with Gasteiger partial charge < -0.3 is 24.7 Å². The van der Waals surface area contributed by atoms with Gasteiger partial charge in [0.1, 0.15) is 11.6 Å². The zero-order valence-electron chi connectivity index (χ0n) is 16.1. The Balaban J connectivity index is 2.09. The van der Waals surface area contributed by atoms with Gasteiger partial charge >= 0.3 is 5.97 Å². The van der Waals surface area contributed by atoms with Gasteiger partial charge in [-0.05, 0) is 33.6 Å². The summed E-state index contributed by atoms with van der Waals surface area (Å²) in [7, 11) is 0. The van der Waals surface area contributed by atoms with Crippen LogP contribution in [0.5, 0.6) is 0 Å². The van der Waals surface area contributed by atoms with E-state index in [1.54, 1.807) is 17.9 Å². The second-order valence-corrected chi connectivity index (χ2v) is 8.19. The molecule has 3 saturated heterocycles. The summed E-state index contributed by atoms with van der Waals surface area (Å²) < 4.78 is 6.24.